The van der Waals surface area contributed by atoms with Gasteiger partial charge in [0.2, 0.25) is 0 Å². The molecular weight excluding hydrogens is 112 g/mol. The van der Waals surface area contributed by atoms with Gasteiger partial charge in [-0.05, 0) is 0 Å². The van der Waals surface area contributed by atoms with Crippen LogP contribution in [0, 0.1) is 0 Å². The lowest BCUT2D eigenvalue weighted by Gasteiger charge is -1.91. The zero-order chi connectivity index (χ0) is 6.41. The van der Waals surface area contributed by atoms with Crippen molar-refractivity contribution in [3.63, 3.8) is 0 Å². The molecular formula is C4H6O4. The second-order valence-electron chi connectivity index (χ2n) is 1.02. The van der Waals surface area contributed by atoms with E-state index < -0.39 is 5.97 Å². The first-order valence-electron chi connectivity index (χ1n) is 1.93. The molecule has 0 amide bonds. The lowest BCUT2D eigenvalue weighted by Crippen LogP contribution is -2.09. The molecule has 0 N–H and O–H groups in total. The van der Waals surface area contributed by atoms with Gasteiger partial charge in [-0.3, -0.25) is 4.79 Å². The Morgan fingerprint density at radius 3 is 2.75 bits per heavy atom. The van der Waals surface area contributed by atoms with Crippen LogP contribution in [0.3, 0.4) is 0 Å². The number of rotatable bonds is 3. The average Bonchev–Trinajstić information content (AvgIpc) is 1.68. The lowest BCUT2D eigenvalue weighted by molar-refractivity contribution is -0.154. The van der Waals surface area contributed by atoms with Crippen molar-refractivity contribution in [2.24, 2.45) is 0 Å². The maximum atomic E-state index is 10.1. The first-order valence-corrected chi connectivity index (χ1v) is 1.93. The van der Waals surface area contributed by atoms with Crippen molar-refractivity contribution in [3.05, 3.63) is 0 Å². The highest BCUT2D eigenvalue weighted by Crippen LogP contribution is 1.72. The summed E-state index contributed by atoms with van der Waals surface area (Å²) in [5.41, 5.74) is 0. The van der Waals surface area contributed by atoms with Gasteiger partial charge in [0, 0.05) is 7.11 Å². The van der Waals surface area contributed by atoms with Crippen LogP contribution >= 0.6 is 0 Å². The molecule has 4 heteroatoms. The molecule has 0 aliphatic heterocycles. The SMILES string of the molecule is COCC(=O)OC=O. The second-order valence-corrected chi connectivity index (χ2v) is 1.02. The molecule has 0 aliphatic rings. The van der Waals surface area contributed by atoms with Crippen LogP contribution < -0.4 is 0 Å². The van der Waals surface area contributed by atoms with Gasteiger partial charge in [-0.15, -0.1) is 0 Å². The van der Waals surface area contributed by atoms with E-state index in [-0.39, 0.29) is 13.1 Å². The van der Waals surface area contributed by atoms with Gasteiger partial charge in [0.1, 0.15) is 6.61 Å². The third kappa shape index (κ3) is 3.30. The van der Waals surface area contributed by atoms with E-state index in [0.29, 0.717) is 0 Å². The fraction of sp³-hybridized carbons (Fsp3) is 0.500. The number of methoxy groups -OCH3 is 1. The minimum absolute atomic E-state index is 0.0708. The maximum absolute atomic E-state index is 10.1. The maximum Gasteiger partial charge on any atom is 0.339 e. The van der Waals surface area contributed by atoms with Gasteiger partial charge in [-0.1, -0.05) is 0 Å². The van der Waals surface area contributed by atoms with Gasteiger partial charge in [0.05, 0.1) is 0 Å². The molecule has 4 nitrogen and oxygen atoms in total. The summed E-state index contributed by atoms with van der Waals surface area (Å²) in [4.78, 5) is 19.5. The van der Waals surface area contributed by atoms with Crippen molar-refractivity contribution >= 4 is 12.4 Å². The Morgan fingerprint density at radius 1 is 1.75 bits per heavy atom. The quantitative estimate of drug-likeness (QED) is 0.280. The molecule has 0 bridgehead atoms. The van der Waals surface area contributed by atoms with Crippen LogP contribution in [-0.4, -0.2) is 26.2 Å². The van der Waals surface area contributed by atoms with E-state index in [2.05, 4.69) is 9.47 Å². The van der Waals surface area contributed by atoms with Crippen LogP contribution in [0.15, 0.2) is 0 Å². The molecule has 0 aliphatic carbocycles. The van der Waals surface area contributed by atoms with E-state index in [1.165, 1.54) is 7.11 Å². The van der Waals surface area contributed by atoms with Gasteiger partial charge in [-0.2, -0.15) is 0 Å². The average molecular weight is 118 g/mol. The normalized spacial score (nSPS) is 8.12. The second kappa shape index (κ2) is 4.26. The van der Waals surface area contributed by atoms with Gasteiger partial charge < -0.3 is 9.47 Å². The van der Waals surface area contributed by atoms with Crippen LogP contribution in [0.25, 0.3) is 0 Å². The number of carbonyl (C=O) groups excluding carboxylic acids is 2. The van der Waals surface area contributed by atoms with E-state index >= 15 is 0 Å². The van der Waals surface area contributed by atoms with Crippen LogP contribution in [-0.2, 0) is 19.1 Å². The predicted octanol–water partition coefficient (Wildman–Crippen LogP) is -0.668. The standard InChI is InChI=1S/C4H6O4/c1-7-2-4(6)8-3-5/h3H,2H2,1H3. The Bertz CT molecular complexity index is 88.0. The Hall–Kier alpha value is -0.900. The van der Waals surface area contributed by atoms with E-state index in [1.807, 2.05) is 0 Å². The summed E-state index contributed by atoms with van der Waals surface area (Å²) in [6, 6.07) is 0. The number of hydrogen-bond acceptors (Lipinski definition) is 4. The van der Waals surface area contributed by atoms with E-state index in [9.17, 15) is 9.59 Å². The van der Waals surface area contributed by atoms with Gasteiger partial charge in [0.15, 0.2) is 0 Å². The number of carbonyl (C=O) groups is 2. The van der Waals surface area contributed by atoms with Crippen molar-refractivity contribution in [1.29, 1.82) is 0 Å². The van der Waals surface area contributed by atoms with E-state index in [1.54, 1.807) is 0 Å². The fourth-order valence-electron chi connectivity index (χ4n) is 0.206. The summed E-state index contributed by atoms with van der Waals surface area (Å²) in [7, 11) is 1.34. The largest absolute Gasteiger partial charge is 0.394 e. The highest BCUT2D eigenvalue weighted by atomic mass is 16.6. The summed E-state index contributed by atoms with van der Waals surface area (Å²) in [6.07, 6.45) is 0. The molecule has 0 rings (SSSR count). The van der Waals surface area contributed by atoms with E-state index in [4.69, 9.17) is 0 Å². The molecule has 0 aromatic heterocycles. The fourth-order valence-corrected chi connectivity index (χ4v) is 0.206. The molecule has 0 heterocycles. The zero-order valence-electron chi connectivity index (χ0n) is 4.42. The van der Waals surface area contributed by atoms with Gasteiger partial charge in [0.25, 0.3) is 0 Å². The van der Waals surface area contributed by atoms with Crippen molar-refractivity contribution in [2.45, 2.75) is 0 Å². The molecule has 0 fully saturated rings. The summed E-state index contributed by atoms with van der Waals surface area (Å²) in [5.74, 6) is -0.678. The molecule has 0 saturated carbocycles. The first-order chi connectivity index (χ1) is 3.81. The van der Waals surface area contributed by atoms with Crippen LogP contribution in [0.4, 0.5) is 0 Å². The number of esters is 1. The highest BCUT2D eigenvalue weighted by molar-refractivity contribution is 5.77. The smallest absolute Gasteiger partial charge is 0.339 e. The van der Waals surface area contributed by atoms with Crippen molar-refractivity contribution in [2.75, 3.05) is 13.7 Å². The minimum Gasteiger partial charge on any atom is -0.394 e. The topological polar surface area (TPSA) is 52.6 Å². The number of ether oxygens (including phenoxy) is 2. The Kier molecular flexibility index (Phi) is 3.78. The van der Waals surface area contributed by atoms with Crippen LogP contribution in [0.5, 0.6) is 0 Å². The molecule has 8 heavy (non-hydrogen) atoms. The molecule has 0 saturated heterocycles. The molecule has 0 atom stereocenters. The predicted molar refractivity (Wildman–Crippen MR) is 24.0 cm³/mol. The van der Waals surface area contributed by atoms with Crippen molar-refractivity contribution in [1.82, 2.24) is 0 Å². The third-order valence-corrected chi connectivity index (χ3v) is 0.442. The zero-order valence-corrected chi connectivity index (χ0v) is 4.42. The van der Waals surface area contributed by atoms with Gasteiger partial charge in [-0.25, -0.2) is 4.79 Å². The Balaban J connectivity index is 3.18. The Morgan fingerprint density at radius 2 is 2.38 bits per heavy atom. The molecule has 0 aromatic rings. The van der Waals surface area contributed by atoms with Crippen LogP contribution in [0.2, 0.25) is 0 Å². The van der Waals surface area contributed by atoms with E-state index in [0.717, 1.165) is 0 Å². The molecule has 0 aromatic carbocycles. The molecule has 46 valence electrons. The minimum atomic E-state index is -0.678. The lowest BCUT2D eigenvalue weighted by atomic mass is 10.7. The summed E-state index contributed by atoms with van der Waals surface area (Å²) < 4.78 is 8.16. The number of hydrogen-bond donors (Lipinski definition) is 0. The van der Waals surface area contributed by atoms with Crippen molar-refractivity contribution in [3.8, 4) is 0 Å². The monoisotopic (exact) mass is 118 g/mol. The third-order valence-electron chi connectivity index (χ3n) is 0.442. The summed E-state index contributed by atoms with van der Waals surface area (Å²) >= 11 is 0. The molecule has 0 unspecified atom stereocenters. The molecule has 0 spiro atoms. The summed E-state index contributed by atoms with van der Waals surface area (Å²) in [6.45, 7) is -0.111. The van der Waals surface area contributed by atoms with Crippen molar-refractivity contribution < 1.29 is 19.1 Å². The van der Waals surface area contributed by atoms with Gasteiger partial charge >= 0.3 is 12.4 Å². The Labute approximate surface area is 46.4 Å². The van der Waals surface area contributed by atoms with Crippen LogP contribution in [0.1, 0.15) is 0 Å². The summed E-state index contributed by atoms with van der Waals surface area (Å²) in [5, 5.41) is 0. The first kappa shape index (κ1) is 7.10. The highest BCUT2D eigenvalue weighted by Gasteiger charge is 1.96. The molecule has 0 radical (unpaired) electrons.